The standard InChI is InChI=1S/C19H34NOS/c1-5-8-15-21-17-19(18-12-10-9-11-13-18)22-16-14-20(4,6-2)7-3/h9-13,19H,5-8,14-17H2,1-4H3/q+1. The third-order valence-electron chi connectivity index (χ3n) is 4.56. The first kappa shape index (κ1) is 19.5. The third kappa shape index (κ3) is 7.17. The van der Waals surface area contributed by atoms with E-state index in [0.717, 1.165) is 24.1 Å². The third-order valence-corrected chi connectivity index (χ3v) is 5.79. The van der Waals surface area contributed by atoms with Crippen molar-refractivity contribution in [1.82, 2.24) is 0 Å². The van der Waals surface area contributed by atoms with Gasteiger partial charge < -0.3 is 9.22 Å². The first-order valence-electron chi connectivity index (χ1n) is 8.73. The topological polar surface area (TPSA) is 9.23 Å². The molecule has 3 heteroatoms. The summed E-state index contributed by atoms with van der Waals surface area (Å²) in [7, 11) is 2.36. The summed E-state index contributed by atoms with van der Waals surface area (Å²) < 4.78 is 7.06. The molecule has 0 aromatic heterocycles. The van der Waals surface area contributed by atoms with Crippen LogP contribution in [-0.2, 0) is 4.74 Å². The van der Waals surface area contributed by atoms with Crippen molar-refractivity contribution in [3.8, 4) is 0 Å². The van der Waals surface area contributed by atoms with E-state index in [1.54, 1.807) is 0 Å². The predicted molar refractivity (Wildman–Crippen MR) is 99.5 cm³/mol. The van der Waals surface area contributed by atoms with Crippen molar-refractivity contribution < 1.29 is 9.22 Å². The highest BCUT2D eigenvalue weighted by atomic mass is 32.2. The lowest BCUT2D eigenvalue weighted by Gasteiger charge is -2.32. The Morgan fingerprint density at radius 2 is 1.77 bits per heavy atom. The molecule has 1 atom stereocenters. The van der Waals surface area contributed by atoms with Crippen LogP contribution < -0.4 is 0 Å². The van der Waals surface area contributed by atoms with Crippen LogP contribution >= 0.6 is 11.8 Å². The Labute approximate surface area is 141 Å². The van der Waals surface area contributed by atoms with Crippen LogP contribution in [0.15, 0.2) is 30.3 Å². The van der Waals surface area contributed by atoms with Crippen molar-refractivity contribution in [2.75, 3.05) is 45.6 Å². The molecule has 2 nitrogen and oxygen atoms in total. The van der Waals surface area contributed by atoms with Gasteiger partial charge in [-0.05, 0) is 25.8 Å². The van der Waals surface area contributed by atoms with Crippen molar-refractivity contribution in [3.63, 3.8) is 0 Å². The molecule has 1 aromatic carbocycles. The number of rotatable bonds is 12. The zero-order valence-corrected chi connectivity index (χ0v) is 15.7. The summed E-state index contributed by atoms with van der Waals surface area (Å²) in [5.41, 5.74) is 1.39. The summed E-state index contributed by atoms with van der Waals surface area (Å²) in [6.07, 6.45) is 2.36. The molecule has 0 amide bonds. The van der Waals surface area contributed by atoms with Gasteiger partial charge in [0.25, 0.3) is 0 Å². The molecule has 0 saturated carbocycles. The highest BCUT2D eigenvalue weighted by Gasteiger charge is 2.18. The van der Waals surface area contributed by atoms with Crippen molar-refractivity contribution in [3.05, 3.63) is 35.9 Å². The average molecular weight is 325 g/mol. The Morgan fingerprint density at radius 3 is 2.36 bits per heavy atom. The largest absolute Gasteiger partial charge is 0.380 e. The van der Waals surface area contributed by atoms with Gasteiger partial charge in [0.1, 0.15) is 0 Å². The van der Waals surface area contributed by atoms with Crippen LogP contribution in [0.2, 0.25) is 0 Å². The Morgan fingerprint density at radius 1 is 1.09 bits per heavy atom. The molecular weight excluding hydrogens is 290 g/mol. The molecule has 1 rings (SSSR count). The molecule has 1 aromatic rings. The Hall–Kier alpha value is -0.510. The number of benzene rings is 1. The van der Waals surface area contributed by atoms with E-state index in [1.807, 2.05) is 11.8 Å². The monoisotopic (exact) mass is 324 g/mol. The summed E-state index contributed by atoms with van der Waals surface area (Å²) in [5, 5.41) is 0.459. The van der Waals surface area contributed by atoms with Gasteiger partial charge in [-0.2, -0.15) is 0 Å². The summed E-state index contributed by atoms with van der Waals surface area (Å²) >= 11 is 2.05. The van der Waals surface area contributed by atoms with Crippen LogP contribution in [0.4, 0.5) is 0 Å². The quantitative estimate of drug-likeness (QED) is 0.405. The number of hydrogen-bond acceptors (Lipinski definition) is 2. The van der Waals surface area contributed by atoms with E-state index < -0.39 is 0 Å². The number of quaternary nitrogens is 1. The predicted octanol–water partition coefficient (Wildman–Crippen LogP) is 4.76. The Bertz CT molecular complexity index is 378. The van der Waals surface area contributed by atoms with Gasteiger partial charge in [-0.3, -0.25) is 0 Å². The fourth-order valence-electron chi connectivity index (χ4n) is 2.30. The zero-order valence-electron chi connectivity index (χ0n) is 14.9. The minimum absolute atomic E-state index is 0.459. The number of unbranched alkanes of at least 4 members (excludes halogenated alkanes) is 1. The minimum Gasteiger partial charge on any atom is -0.380 e. The Balaban J connectivity index is 2.51. The van der Waals surface area contributed by atoms with Crippen LogP contribution in [0.5, 0.6) is 0 Å². The van der Waals surface area contributed by atoms with Crippen molar-refractivity contribution in [1.29, 1.82) is 0 Å². The van der Waals surface area contributed by atoms with Gasteiger partial charge >= 0.3 is 0 Å². The SMILES string of the molecule is CCCCOCC(SCC[N+](C)(CC)CC)c1ccccc1. The fourth-order valence-corrected chi connectivity index (χ4v) is 3.67. The maximum atomic E-state index is 5.90. The summed E-state index contributed by atoms with van der Waals surface area (Å²) in [6.45, 7) is 12.2. The highest BCUT2D eigenvalue weighted by molar-refractivity contribution is 7.99. The van der Waals surface area contributed by atoms with Crippen LogP contribution in [0.25, 0.3) is 0 Å². The molecule has 0 fully saturated rings. The first-order valence-corrected chi connectivity index (χ1v) is 9.78. The van der Waals surface area contributed by atoms with E-state index in [0.29, 0.717) is 5.25 Å². The van der Waals surface area contributed by atoms with Gasteiger partial charge in [0.15, 0.2) is 0 Å². The maximum Gasteiger partial charge on any atom is 0.0876 e. The molecule has 0 saturated heterocycles. The van der Waals surface area contributed by atoms with Crippen LogP contribution in [0, 0.1) is 0 Å². The number of hydrogen-bond donors (Lipinski definition) is 0. The molecule has 0 heterocycles. The van der Waals surface area contributed by atoms with Crippen molar-refractivity contribution in [2.45, 2.75) is 38.9 Å². The zero-order chi connectivity index (χ0) is 16.3. The van der Waals surface area contributed by atoms with E-state index in [9.17, 15) is 0 Å². The first-order chi connectivity index (χ1) is 10.6. The number of nitrogens with zero attached hydrogens (tertiary/aromatic N) is 1. The molecule has 0 spiro atoms. The summed E-state index contributed by atoms with van der Waals surface area (Å²) in [5.74, 6) is 1.19. The summed E-state index contributed by atoms with van der Waals surface area (Å²) in [6, 6.07) is 10.8. The lowest BCUT2D eigenvalue weighted by molar-refractivity contribution is -0.903. The van der Waals surface area contributed by atoms with E-state index in [1.165, 1.54) is 37.4 Å². The molecule has 126 valence electrons. The molecule has 0 radical (unpaired) electrons. The van der Waals surface area contributed by atoms with E-state index in [-0.39, 0.29) is 0 Å². The van der Waals surface area contributed by atoms with E-state index >= 15 is 0 Å². The summed E-state index contributed by atoms with van der Waals surface area (Å²) in [4.78, 5) is 0. The minimum atomic E-state index is 0.459. The van der Waals surface area contributed by atoms with Gasteiger partial charge in [-0.25, -0.2) is 0 Å². The van der Waals surface area contributed by atoms with Crippen LogP contribution in [-0.4, -0.2) is 50.1 Å². The maximum absolute atomic E-state index is 5.90. The molecule has 0 bridgehead atoms. The normalized spacial score (nSPS) is 13.3. The molecule has 22 heavy (non-hydrogen) atoms. The van der Waals surface area contributed by atoms with Gasteiger partial charge in [0, 0.05) is 12.4 Å². The van der Waals surface area contributed by atoms with Crippen LogP contribution in [0.1, 0.15) is 44.4 Å². The van der Waals surface area contributed by atoms with Gasteiger partial charge in [-0.15, -0.1) is 11.8 Å². The molecular formula is C19H34NOS+. The van der Waals surface area contributed by atoms with E-state index in [2.05, 4.69) is 58.2 Å². The second kappa shape index (κ2) is 11.1. The van der Waals surface area contributed by atoms with Crippen molar-refractivity contribution >= 4 is 11.8 Å². The number of thioether (sulfide) groups is 1. The van der Waals surface area contributed by atoms with Crippen LogP contribution in [0.3, 0.4) is 0 Å². The smallest absolute Gasteiger partial charge is 0.0876 e. The van der Waals surface area contributed by atoms with Gasteiger partial charge in [0.05, 0.1) is 38.5 Å². The molecule has 0 aliphatic rings. The average Bonchev–Trinajstić information content (AvgIpc) is 2.57. The molecule has 0 aliphatic carbocycles. The van der Waals surface area contributed by atoms with E-state index in [4.69, 9.17) is 4.74 Å². The second-order valence-corrected chi connectivity index (χ2v) is 7.48. The lowest BCUT2D eigenvalue weighted by atomic mass is 10.1. The highest BCUT2D eigenvalue weighted by Crippen LogP contribution is 2.29. The van der Waals surface area contributed by atoms with Gasteiger partial charge in [0.2, 0.25) is 0 Å². The second-order valence-electron chi connectivity index (χ2n) is 6.17. The number of ether oxygens (including phenoxy) is 1. The Kier molecular flexibility index (Phi) is 9.85. The molecule has 1 unspecified atom stereocenters. The fraction of sp³-hybridized carbons (Fsp3) is 0.684. The van der Waals surface area contributed by atoms with Crippen molar-refractivity contribution in [2.24, 2.45) is 0 Å². The van der Waals surface area contributed by atoms with Gasteiger partial charge in [-0.1, -0.05) is 43.7 Å². The lowest BCUT2D eigenvalue weighted by Crippen LogP contribution is -2.45. The molecule has 0 aliphatic heterocycles. The molecule has 0 N–H and O–H groups in total.